The SMILES string of the molecule is N#CC/C=C/c1cn([C@H]2C[C@H](O)[C@@H](CO)O2)c(=O)[nH]c1=O. The predicted molar refractivity (Wildman–Crippen MR) is 72.2 cm³/mol. The van der Waals surface area contributed by atoms with Crippen molar-refractivity contribution >= 4 is 6.08 Å². The number of nitrogens with one attached hydrogen (secondary N) is 1. The number of nitrogens with zero attached hydrogens (tertiary/aromatic N) is 2. The highest BCUT2D eigenvalue weighted by atomic mass is 16.5. The van der Waals surface area contributed by atoms with E-state index in [2.05, 4.69) is 4.98 Å². The van der Waals surface area contributed by atoms with Crippen molar-refractivity contribution < 1.29 is 14.9 Å². The van der Waals surface area contributed by atoms with Gasteiger partial charge in [0, 0.05) is 12.6 Å². The molecule has 0 spiro atoms. The van der Waals surface area contributed by atoms with Gasteiger partial charge in [-0.1, -0.05) is 12.2 Å². The van der Waals surface area contributed by atoms with Gasteiger partial charge in [-0.15, -0.1) is 0 Å². The highest BCUT2D eigenvalue weighted by Gasteiger charge is 2.35. The summed E-state index contributed by atoms with van der Waals surface area (Å²) in [5.74, 6) is 0. The lowest BCUT2D eigenvalue weighted by Gasteiger charge is -2.14. The Labute approximate surface area is 119 Å². The van der Waals surface area contributed by atoms with Crippen LogP contribution in [0.15, 0.2) is 21.9 Å². The van der Waals surface area contributed by atoms with E-state index < -0.39 is 29.7 Å². The minimum atomic E-state index is -0.878. The Morgan fingerprint density at radius 3 is 2.95 bits per heavy atom. The van der Waals surface area contributed by atoms with Crippen LogP contribution in [0.2, 0.25) is 0 Å². The molecule has 0 radical (unpaired) electrons. The van der Waals surface area contributed by atoms with Gasteiger partial charge in [-0.05, 0) is 0 Å². The number of rotatable bonds is 4. The van der Waals surface area contributed by atoms with Crippen LogP contribution in [0.25, 0.3) is 6.08 Å². The summed E-state index contributed by atoms with van der Waals surface area (Å²) in [4.78, 5) is 25.6. The lowest BCUT2D eigenvalue weighted by atomic mass is 10.2. The maximum Gasteiger partial charge on any atom is 0.330 e. The summed E-state index contributed by atoms with van der Waals surface area (Å²) in [5, 5.41) is 27.2. The molecule has 1 fully saturated rings. The second kappa shape index (κ2) is 6.49. The summed E-state index contributed by atoms with van der Waals surface area (Å²) in [6.45, 7) is -0.356. The van der Waals surface area contributed by atoms with Gasteiger partial charge in [-0.25, -0.2) is 4.79 Å². The van der Waals surface area contributed by atoms with Gasteiger partial charge < -0.3 is 14.9 Å². The van der Waals surface area contributed by atoms with Crippen LogP contribution in [0.1, 0.15) is 24.6 Å². The molecule has 0 unspecified atom stereocenters. The van der Waals surface area contributed by atoms with E-state index in [1.165, 1.54) is 18.3 Å². The standard InChI is InChI=1S/C13H15N3O5/c14-4-2-1-3-8-6-16(13(20)15-12(8)19)11-5-9(18)10(7-17)21-11/h1,3,6,9-11,17-18H,2,5,7H2,(H,15,19,20)/b3-1+/t9-,10+,11+/m0/s1. The molecule has 3 N–H and O–H groups in total. The fourth-order valence-electron chi connectivity index (χ4n) is 2.12. The predicted octanol–water partition coefficient (Wildman–Crippen LogP) is -0.896. The van der Waals surface area contributed by atoms with E-state index in [9.17, 15) is 14.7 Å². The zero-order valence-corrected chi connectivity index (χ0v) is 11.1. The smallest absolute Gasteiger partial charge is 0.330 e. The molecule has 1 aliphatic heterocycles. The van der Waals surface area contributed by atoms with E-state index in [-0.39, 0.29) is 25.0 Å². The Hall–Kier alpha value is -2.21. The molecule has 1 aromatic heterocycles. The zero-order valence-electron chi connectivity index (χ0n) is 11.1. The van der Waals surface area contributed by atoms with Crippen LogP contribution >= 0.6 is 0 Å². The number of aromatic nitrogens is 2. The topological polar surface area (TPSA) is 128 Å². The molecule has 1 saturated heterocycles. The Morgan fingerprint density at radius 2 is 2.33 bits per heavy atom. The quantitative estimate of drug-likeness (QED) is 0.660. The van der Waals surface area contributed by atoms with Crippen LogP contribution in [0, 0.1) is 11.3 Å². The molecule has 1 aromatic rings. The second-order valence-corrected chi connectivity index (χ2v) is 4.63. The third kappa shape index (κ3) is 3.28. The monoisotopic (exact) mass is 293 g/mol. The molecule has 3 atom stereocenters. The van der Waals surface area contributed by atoms with Gasteiger partial charge in [-0.3, -0.25) is 14.3 Å². The van der Waals surface area contributed by atoms with Gasteiger partial charge in [0.05, 0.1) is 30.8 Å². The number of aliphatic hydroxyl groups is 2. The molecule has 8 heteroatoms. The fraction of sp³-hybridized carbons (Fsp3) is 0.462. The van der Waals surface area contributed by atoms with Crippen LogP contribution in [0.5, 0.6) is 0 Å². The van der Waals surface area contributed by atoms with E-state index in [1.54, 1.807) is 0 Å². The lowest BCUT2D eigenvalue weighted by Crippen LogP contribution is -2.33. The van der Waals surface area contributed by atoms with Crippen LogP contribution < -0.4 is 11.2 Å². The van der Waals surface area contributed by atoms with Gasteiger partial charge in [0.15, 0.2) is 0 Å². The van der Waals surface area contributed by atoms with Crippen LogP contribution in [0.3, 0.4) is 0 Å². The molecule has 112 valence electrons. The normalized spacial score (nSPS) is 25.3. The molecule has 0 saturated carbocycles. The first-order valence-electron chi connectivity index (χ1n) is 6.40. The van der Waals surface area contributed by atoms with E-state index >= 15 is 0 Å². The average molecular weight is 293 g/mol. The highest BCUT2D eigenvalue weighted by molar-refractivity contribution is 5.46. The first kappa shape index (κ1) is 15.2. The van der Waals surface area contributed by atoms with Gasteiger partial charge in [0.1, 0.15) is 12.3 Å². The number of ether oxygens (including phenoxy) is 1. The van der Waals surface area contributed by atoms with Crippen LogP contribution in [-0.2, 0) is 4.74 Å². The summed E-state index contributed by atoms with van der Waals surface area (Å²) in [6.07, 6.45) is 2.13. The maximum atomic E-state index is 11.8. The molecule has 0 bridgehead atoms. The number of aliphatic hydroxyl groups excluding tert-OH is 2. The molecule has 0 aliphatic carbocycles. The second-order valence-electron chi connectivity index (χ2n) is 4.63. The Morgan fingerprint density at radius 1 is 1.57 bits per heavy atom. The third-order valence-corrected chi connectivity index (χ3v) is 3.20. The summed E-state index contributed by atoms with van der Waals surface area (Å²) in [7, 11) is 0. The maximum absolute atomic E-state index is 11.8. The molecule has 2 heterocycles. The van der Waals surface area contributed by atoms with Crippen molar-refractivity contribution in [3.05, 3.63) is 38.7 Å². The third-order valence-electron chi connectivity index (χ3n) is 3.20. The number of nitriles is 1. The minimum absolute atomic E-state index is 0.137. The van der Waals surface area contributed by atoms with Crippen molar-refractivity contribution in [3.63, 3.8) is 0 Å². The average Bonchev–Trinajstić information content (AvgIpc) is 2.82. The summed E-state index contributed by atoms with van der Waals surface area (Å²) >= 11 is 0. The number of hydrogen-bond acceptors (Lipinski definition) is 6. The van der Waals surface area contributed by atoms with Gasteiger partial charge >= 0.3 is 5.69 Å². The zero-order chi connectivity index (χ0) is 15.4. The molecule has 0 aromatic carbocycles. The first-order chi connectivity index (χ1) is 10.1. The molecular weight excluding hydrogens is 278 g/mol. The summed E-state index contributed by atoms with van der Waals surface area (Å²) in [6, 6.07) is 1.90. The van der Waals surface area contributed by atoms with Crippen LogP contribution in [-0.4, -0.2) is 38.6 Å². The highest BCUT2D eigenvalue weighted by Crippen LogP contribution is 2.27. The van der Waals surface area contributed by atoms with Crippen molar-refractivity contribution in [2.45, 2.75) is 31.3 Å². The van der Waals surface area contributed by atoms with Gasteiger partial charge in [0.2, 0.25) is 0 Å². The lowest BCUT2D eigenvalue weighted by molar-refractivity contribution is -0.0459. The van der Waals surface area contributed by atoms with Gasteiger partial charge in [0.25, 0.3) is 5.56 Å². The first-order valence-corrected chi connectivity index (χ1v) is 6.40. The Bertz CT molecular complexity index is 684. The Kier molecular flexibility index (Phi) is 4.70. The fourth-order valence-corrected chi connectivity index (χ4v) is 2.12. The van der Waals surface area contributed by atoms with Crippen LogP contribution in [0.4, 0.5) is 0 Å². The Balaban J connectivity index is 2.33. The number of aromatic amines is 1. The van der Waals surface area contributed by atoms with Crippen molar-refractivity contribution in [3.8, 4) is 6.07 Å². The van der Waals surface area contributed by atoms with E-state index in [4.69, 9.17) is 15.1 Å². The van der Waals surface area contributed by atoms with Crippen molar-refractivity contribution in [2.75, 3.05) is 6.61 Å². The van der Waals surface area contributed by atoms with E-state index in [1.807, 2.05) is 6.07 Å². The van der Waals surface area contributed by atoms with E-state index in [0.29, 0.717) is 0 Å². The van der Waals surface area contributed by atoms with E-state index in [0.717, 1.165) is 4.57 Å². The molecular formula is C13H15N3O5. The van der Waals surface area contributed by atoms with Crippen molar-refractivity contribution in [1.29, 1.82) is 5.26 Å². The molecule has 1 aliphatic rings. The largest absolute Gasteiger partial charge is 0.394 e. The molecule has 21 heavy (non-hydrogen) atoms. The molecule has 0 amide bonds. The van der Waals surface area contributed by atoms with Crippen molar-refractivity contribution in [1.82, 2.24) is 9.55 Å². The number of hydrogen-bond donors (Lipinski definition) is 3. The van der Waals surface area contributed by atoms with Gasteiger partial charge in [-0.2, -0.15) is 5.26 Å². The van der Waals surface area contributed by atoms with Crippen molar-refractivity contribution in [2.24, 2.45) is 0 Å². The molecule has 2 rings (SSSR count). The molecule has 8 nitrogen and oxygen atoms in total. The minimum Gasteiger partial charge on any atom is -0.394 e. The number of allylic oxidation sites excluding steroid dienone is 1. The number of H-pyrrole nitrogens is 1. The summed E-state index contributed by atoms with van der Waals surface area (Å²) in [5.41, 5.74) is -1.02. The summed E-state index contributed by atoms with van der Waals surface area (Å²) < 4.78 is 6.53.